The molecule has 8 atom stereocenters. The number of aliphatic hydroxyl groups is 3. The van der Waals surface area contributed by atoms with E-state index in [1.54, 1.807) is 19.1 Å². The molecule has 2 fully saturated rings. The van der Waals surface area contributed by atoms with Gasteiger partial charge in [0.05, 0.1) is 5.41 Å². The quantitative estimate of drug-likeness (QED) is 0.0926. The second-order valence-corrected chi connectivity index (χ2v) is 15.4. The molecule has 0 amide bonds. The van der Waals surface area contributed by atoms with Crippen molar-refractivity contribution in [1.29, 1.82) is 0 Å². The molecule has 8 nitrogen and oxygen atoms in total. The van der Waals surface area contributed by atoms with Gasteiger partial charge in [-0.2, -0.15) is 0 Å². The SMILES string of the molecule is CCCCCCCCCCCC(=O)OC12CC(C)C34C=C(C)C(O)C3(O)C(O)C(COC(=O)CCCCC)=CC(C4=O)C1C2(C)C. The number of ketones is 1. The maximum absolute atomic E-state index is 14.8. The van der Waals surface area contributed by atoms with Gasteiger partial charge in [0.1, 0.15) is 30.0 Å². The molecule has 0 heterocycles. The third kappa shape index (κ3) is 6.27. The zero-order chi connectivity index (χ0) is 33.9. The molecule has 46 heavy (non-hydrogen) atoms. The van der Waals surface area contributed by atoms with Gasteiger partial charge in [-0.25, -0.2) is 0 Å². The van der Waals surface area contributed by atoms with Gasteiger partial charge in [-0.05, 0) is 43.3 Å². The standard InChI is InChI=1S/C38H60O8/c1-7-9-11-12-13-14-15-16-18-20-30(40)46-37-23-26(4)36-22-25(3)32(41)38(36,44)33(42)27(24-45-29(39)19-17-10-8-2)21-28(34(36)43)31(37)35(37,5)6/h21-22,26,28,31-33,41-42,44H,7-20,23-24H2,1-6H3. The number of carbonyl (C=O) groups excluding carboxylic acids is 3. The van der Waals surface area contributed by atoms with Gasteiger partial charge < -0.3 is 24.8 Å². The summed E-state index contributed by atoms with van der Waals surface area (Å²) in [5.74, 6) is -2.76. The average molecular weight is 645 g/mol. The molecule has 0 aromatic rings. The van der Waals surface area contributed by atoms with E-state index in [-0.39, 0.29) is 30.4 Å². The van der Waals surface area contributed by atoms with Crippen LogP contribution in [0.2, 0.25) is 0 Å². The number of Topliss-reactive ketones (excluding diaryl/α,β-unsaturated/α-hetero) is 1. The van der Waals surface area contributed by atoms with Gasteiger partial charge in [0, 0.05) is 30.1 Å². The lowest BCUT2D eigenvalue weighted by molar-refractivity contribution is -0.192. The first kappa shape index (κ1) is 36.8. The highest BCUT2D eigenvalue weighted by atomic mass is 16.6. The van der Waals surface area contributed by atoms with Crippen LogP contribution in [0.1, 0.15) is 138 Å². The number of fused-ring (bicyclic) bond motifs is 3. The number of esters is 2. The predicted molar refractivity (Wildman–Crippen MR) is 177 cm³/mol. The smallest absolute Gasteiger partial charge is 0.306 e. The Hall–Kier alpha value is -2.03. The first-order valence-corrected chi connectivity index (χ1v) is 18.2. The zero-order valence-corrected chi connectivity index (χ0v) is 29.2. The number of unbranched alkanes of at least 4 members (excludes halogenated alkanes) is 10. The third-order valence-corrected chi connectivity index (χ3v) is 12.0. The van der Waals surface area contributed by atoms with Crippen molar-refractivity contribution in [2.24, 2.45) is 28.6 Å². The molecule has 3 N–H and O–H groups in total. The van der Waals surface area contributed by atoms with E-state index in [0.29, 0.717) is 24.8 Å². The first-order valence-electron chi connectivity index (χ1n) is 18.2. The van der Waals surface area contributed by atoms with Gasteiger partial charge in [0.15, 0.2) is 5.78 Å². The first-order chi connectivity index (χ1) is 21.8. The highest BCUT2D eigenvalue weighted by Gasteiger charge is 2.83. The van der Waals surface area contributed by atoms with Gasteiger partial charge in [-0.15, -0.1) is 0 Å². The van der Waals surface area contributed by atoms with Crippen LogP contribution in [-0.2, 0) is 23.9 Å². The van der Waals surface area contributed by atoms with E-state index in [9.17, 15) is 29.7 Å². The summed E-state index contributed by atoms with van der Waals surface area (Å²) in [5.41, 5.74) is -4.75. The summed E-state index contributed by atoms with van der Waals surface area (Å²) in [6, 6.07) is 0. The van der Waals surface area contributed by atoms with Crippen LogP contribution in [0.15, 0.2) is 23.3 Å². The van der Waals surface area contributed by atoms with Crippen LogP contribution in [0.25, 0.3) is 0 Å². The number of ether oxygens (including phenoxy) is 2. The van der Waals surface area contributed by atoms with E-state index in [1.807, 2.05) is 27.7 Å². The predicted octanol–water partition coefficient (Wildman–Crippen LogP) is 6.53. The van der Waals surface area contributed by atoms with Crippen LogP contribution >= 0.6 is 0 Å². The van der Waals surface area contributed by atoms with Gasteiger partial charge in [-0.1, -0.05) is 111 Å². The van der Waals surface area contributed by atoms with Crippen molar-refractivity contribution in [3.63, 3.8) is 0 Å². The van der Waals surface area contributed by atoms with E-state index in [1.165, 1.54) is 38.5 Å². The number of allylic oxidation sites excluding steroid dienone is 1. The average Bonchev–Trinajstić information content (AvgIpc) is 3.42. The van der Waals surface area contributed by atoms with Crippen LogP contribution in [-0.4, -0.2) is 63.1 Å². The second-order valence-electron chi connectivity index (χ2n) is 15.4. The molecule has 260 valence electrons. The molecule has 4 aliphatic rings. The number of hydrogen-bond acceptors (Lipinski definition) is 8. The molecule has 2 bridgehead atoms. The zero-order valence-electron chi connectivity index (χ0n) is 29.2. The Labute approximate surface area is 276 Å². The Morgan fingerprint density at radius 2 is 1.41 bits per heavy atom. The number of aliphatic hydroxyl groups excluding tert-OH is 2. The number of hydrogen-bond donors (Lipinski definition) is 3. The Bertz CT molecular complexity index is 1190. The van der Waals surface area contributed by atoms with Crippen molar-refractivity contribution in [3.8, 4) is 0 Å². The minimum Gasteiger partial charge on any atom is -0.461 e. The summed E-state index contributed by atoms with van der Waals surface area (Å²) in [6.07, 6.45) is 13.9. The van der Waals surface area contributed by atoms with E-state index in [2.05, 4.69) is 6.92 Å². The molecule has 4 aliphatic carbocycles. The largest absolute Gasteiger partial charge is 0.461 e. The third-order valence-electron chi connectivity index (χ3n) is 12.0. The highest BCUT2D eigenvalue weighted by molar-refractivity contribution is 5.96. The molecule has 0 aliphatic heterocycles. The minimum atomic E-state index is -2.26. The van der Waals surface area contributed by atoms with Crippen molar-refractivity contribution in [3.05, 3.63) is 23.3 Å². The summed E-state index contributed by atoms with van der Waals surface area (Å²) >= 11 is 0. The van der Waals surface area contributed by atoms with Gasteiger partial charge >= 0.3 is 11.9 Å². The molecule has 0 aromatic heterocycles. The molecule has 0 radical (unpaired) electrons. The van der Waals surface area contributed by atoms with E-state index < -0.39 is 58.0 Å². The molecule has 8 heteroatoms. The van der Waals surface area contributed by atoms with Crippen molar-refractivity contribution < 1.29 is 39.2 Å². The lowest BCUT2D eigenvalue weighted by atomic mass is 9.59. The maximum Gasteiger partial charge on any atom is 0.306 e. The van der Waals surface area contributed by atoms with Crippen LogP contribution in [0.4, 0.5) is 0 Å². The topological polar surface area (TPSA) is 130 Å². The van der Waals surface area contributed by atoms with Gasteiger partial charge in [-0.3, -0.25) is 14.4 Å². The summed E-state index contributed by atoms with van der Waals surface area (Å²) in [7, 11) is 0. The van der Waals surface area contributed by atoms with Crippen molar-refractivity contribution >= 4 is 17.7 Å². The molecule has 2 saturated carbocycles. The van der Waals surface area contributed by atoms with Crippen LogP contribution < -0.4 is 0 Å². The Balaban J connectivity index is 1.56. The van der Waals surface area contributed by atoms with Crippen molar-refractivity contribution in [2.45, 2.75) is 161 Å². The fourth-order valence-corrected chi connectivity index (χ4v) is 9.31. The molecular weight excluding hydrogens is 584 g/mol. The molecular formula is C38H60O8. The monoisotopic (exact) mass is 644 g/mol. The van der Waals surface area contributed by atoms with Gasteiger partial charge in [0.25, 0.3) is 0 Å². The van der Waals surface area contributed by atoms with Crippen molar-refractivity contribution in [2.75, 3.05) is 6.61 Å². The molecule has 4 rings (SSSR count). The van der Waals surface area contributed by atoms with Gasteiger partial charge in [0.2, 0.25) is 0 Å². The minimum absolute atomic E-state index is 0.195. The fourth-order valence-electron chi connectivity index (χ4n) is 9.31. The summed E-state index contributed by atoms with van der Waals surface area (Å²) in [4.78, 5) is 40.7. The normalized spacial score (nSPS) is 35.7. The fraction of sp³-hybridized carbons (Fsp3) is 0.816. The highest BCUT2D eigenvalue weighted by Crippen LogP contribution is 2.75. The summed E-state index contributed by atoms with van der Waals surface area (Å²) in [6.45, 7) is 11.5. The lowest BCUT2D eigenvalue weighted by Gasteiger charge is -2.48. The molecule has 0 aromatic carbocycles. The molecule has 8 unspecified atom stereocenters. The molecule has 0 saturated heterocycles. The summed E-state index contributed by atoms with van der Waals surface area (Å²) in [5, 5.41) is 35.5. The lowest BCUT2D eigenvalue weighted by Crippen LogP contribution is -2.65. The van der Waals surface area contributed by atoms with E-state index in [0.717, 1.165) is 32.1 Å². The van der Waals surface area contributed by atoms with E-state index in [4.69, 9.17) is 9.47 Å². The Morgan fingerprint density at radius 1 is 0.870 bits per heavy atom. The van der Waals surface area contributed by atoms with Crippen LogP contribution in [0.3, 0.4) is 0 Å². The number of rotatable bonds is 17. The maximum atomic E-state index is 14.8. The van der Waals surface area contributed by atoms with E-state index >= 15 is 0 Å². The number of carbonyl (C=O) groups is 3. The summed E-state index contributed by atoms with van der Waals surface area (Å²) < 4.78 is 12.0. The second kappa shape index (κ2) is 14.6. The van der Waals surface area contributed by atoms with Crippen LogP contribution in [0.5, 0.6) is 0 Å². The Morgan fingerprint density at radius 3 is 2.04 bits per heavy atom. The van der Waals surface area contributed by atoms with Crippen molar-refractivity contribution in [1.82, 2.24) is 0 Å². The van der Waals surface area contributed by atoms with Crippen LogP contribution in [0, 0.1) is 28.6 Å². The Kier molecular flexibility index (Phi) is 11.7. The molecule has 1 spiro atoms.